The van der Waals surface area contributed by atoms with Gasteiger partial charge in [0.15, 0.2) is 0 Å². The van der Waals surface area contributed by atoms with Gasteiger partial charge >= 0.3 is 6.03 Å². The molecule has 2 aliphatic rings. The molecule has 2 aromatic rings. The molecule has 1 aromatic heterocycles. The largest absolute Gasteiger partial charge is 0.331 e. The number of nitrogens with zero attached hydrogens (tertiary/aromatic N) is 4. The predicted molar refractivity (Wildman–Crippen MR) is 106 cm³/mol. The molecule has 0 bridgehead atoms. The number of aryl methyl sites for hydroxylation is 1. The van der Waals surface area contributed by atoms with Crippen LogP contribution in [0.15, 0.2) is 48.8 Å². The summed E-state index contributed by atoms with van der Waals surface area (Å²) in [6.07, 6.45) is 3.72. The van der Waals surface area contributed by atoms with Crippen LogP contribution in [0.4, 0.5) is 4.79 Å². The number of carbonyl (C=O) groups excluding carboxylic acids is 1. The summed E-state index contributed by atoms with van der Waals surface area (Å²) in [5, 5.41) is 0. The van der Waals surface area contributed by atoms with Gasteiger partial charge in [-0.25, -0.2) is 4.79 Å². The molecule has 27 heavy (non-hydrogen) atoms. The molecule has 2 fully saturated rings. The summed E-state index contributed by atoms with van der Waals surface area (Å²) in [5.41, 5.74) is 3.87. The number of rotatable bonds is 3. The fraction of sp³-hybridized carbons (Fsp3) is 0.455. The minimum atomic E-state index is 0.123. The first-order chi connectivity index (χ1) is 13.0. The highest BCUT2D eigenvalue weighted by Gasteiger charge is 2.49. The maximum atomic E-state index is 12.9. The number of hydrogen-bond donors (Lipinski definition) is 0. The summed E-state index contributed by atoms with van der Waals surface area (Å²) >= 11 is 0. The average Bonchev–Trinajstić information content (AvgIpc) is 3.19. The van der Waals surface area contributed by atoms with Crippen molar-refractivity contribution in [2.24, 2.45) is 11.8 Å². The van der Waals surface area contributed by atoms with E-state index in [4.69, 9.17) is 0 Å². The fourth-order valence-electron chi connectivity index (χ4n) is 4.78. The summed E-state index contributed by atoms with van der Waals surface area (Å²) in [6, 6.07) is 13.0. The van der Waals surface area contributed by atoms with Crippen molar-refractivity contribution in [3.63, 3.8) is 0 Å². The summed E-state index contributed by atoms with van der Waals surface area (Å²) in [7, 11) is 3.70. The maximum Gasteiger partial charge on any atom is 0.320 e. The molecule has 2 amide bonds. The van der Waals surface area contributed by atoms with Gasteiger partial charge in [-0.15, -0.1) is 0 Å². The van der Waals surface area contributed by atoms with Gasteiger partial charge in [0.2, 0.25) is 0 Å². The Balaban J connectivity index is 1.59. The Labute approximate surface area is 161 Å². The van der Waals surface area contributed by atoms with Gasteiger partial charge in [0, 0.05) is 58.6 Å². The van der Waals surface area contributed by atoms with Crippen molar-refractivity contribution in [2.75, 3.05) is 33.7 Å². The first-order valence-electron chi connectivity index (χ1n) is 9.69. The minimum Gasteiger partial charge on any atom is -0.331 e. The van der Waals surface area contributed by atoms with E-state index in [1.807, 2.05) is 26.5 Å². The van der Waals surface area contributed by atoms with E-state index in [-0.39, 0.29) is 12.1 Å². The van der Waals surface area contributed by atoms with Crippen LogP contribution < -0.4 is 0 Å². The van der Waals surface area contributed by atoms with Crippen LogP contribution in [-0.2, 0) is 6.54 Å². The number of aromatic nitrogens is 1. The highest BCUT2D eigenvalue weighted by atomic mass is 16.2. The first kappa shape index (κ1) is 18.0. The summed E-state index contributed by atoms with van der Waals surface area (Å²) in [4.78, 5) is 23.3. The van der Waals surface area contributed by atoms with Gasteiger partial charge in [0.1, 0.15) is 0 Å². The predicted octanol–water partition coefficient (Wildman–Crippen LogP) is 3.18. The van der Waals surface area contributed by atoms with E-state index in [1.54, 1.807) is 4.90 Å². The van der Waals surface area contributed by atoms with Crippen LogP contribution in [-0.4, -0.2) is 59.4 Å². The van der Waals surface area contributed by atoms with E-state index in [1.165, 1.54) is 16.7 Å². The molecule has 0 saturated carbocycles. The fourth-order valence-corrected chi connectivity index (χ4v) is 4.78. The molecule has 5 nitrogen and oxygen atoms in total. The van der Waals surface area contributed by atoms with Gasteiger partial charge in [0.05, 0.1) is 6.04 Å². The molecule has 0 radical (unpaired) electrons. The summed E-state index contributed by atoms with van der Waals surface area (Å²) in [5.74, 6) is 1.01. The molecule has 2 aliphatic heterocycles. The van der Waals surface area contributed by atoms with Crippen molar-refractivity contribution in [1.82, 2.24) is 19.7 Å². The number of pyridine rings is 1. The Morgan fingerprint density at radius 3 is 2.56 bits per heavy atom. The SMILES string of the molecule is Cc1ccccc1[C@H]1[C@@H]2CN(Cc3ccncc3)C[C@@H]2CN1C(=O)N(C)C. The van der Waals surface area contributed by atoms with Gasteiger partial charge < -0.3 is 9.80 Å². The lowest BCUT2D eigenvalue weighted by Gasteiger charge is -2.32. The van der Waals surface area contributed by atoms with E-state index in [2.05, 4.69) is 58.1 Å². The Bertz CT molecular complexity index is 807. The third kappa shape index (κ3) is 3.44. The van der Waals surface area contributed by atoms with Gasteiger partial charge in [-0.3, -0.25) is 9.88 Å². The number of likely N-dealkylation sites (tertiary alicyclic amines) is 2. The Kier molecular flexibility index (Phi) is 4.87. The van der Waals surface area contributed by atoms with Gasteiger partial charge in [0.25, 0.3) is 0 Å². The number of hydrogen-bond acceptors (Lipinski definition) is 3. The van der Waals surface area contributed by atoms with Crippen LogP contribution in [0.5, 0.6) is 0 Å². The third-order valence-electron chi connectivity index (χ3n) is 6.03. The molecule has 3 atom stereocenters. The molecule has 3 heterocycles. The van der Waals surface area contributed by atoms with Crippen molar-refractivity contribution in [2.45, 2.75) is 19.5 Å². The van der Waals surface area contributed by atoms with Crippen LogP contribution in [0.1, 0.15) is 22.7 Å². The molecule has 2 saturated heterocycles. The second-order valence-electron chi connectivity index (χ2n) is 8.10. The number of urea groups is 1. The van der Waals surface area contributed by atoms with Gasteiger partial charge in [-0.2, -0.15) is 0 Å². The molecule has 0 aliphatic carbocycles. The number of fused-ring (bicyclic) bond motifs is 1. The molecular weight excluding hydrogens is 336 g/mol. The molecular formula is C22H28N4O. The Morgan fingerprint density at radius 2 is 1.85 bits per heavy atom. The number of carbonyl (C=O) groups is 1. The highest BCUT2D eigenvalue weighted by Crippen LogP contribution is 2.46. The summed E-state index contributed by atoms with van der Waals surface area (Å²) < 4.78 is 0. The van der Waals surface area contributed by atoms with E-state index >= 15 is 0 Å². The second kappa shape index (κ2) is 7.31. The van der Waals surface area contributed by atoms with Crippen molar-refractivity contribution >= 4 is 6.03 Å². The Hall–Kier alpha value is -2.40. The molecule has 0 unspecified atom stereocenters. The Morgan fingerprint density at radius 1 is 1.11 bits per heavy atom. The standard InChI is InChI=1S/C22H28N4O/c1-16-6-4-5-7-19(16)21-20-15-25(12-17-8-10-23-11-9-17)13-18(20)14-26(21)22(27)24(2)3/h4-11,18,20-21H,12-15H2,1-3H3/t18-,20-,21+/m1/s1. The van der Waals surface area contributed by atoms with E-state index in [0.717, 1.165) is 26.2 Å². The molecule has 142 valence electrons. The number of amides is 2. The molecule has 0 N–H and O–H groups in total. The lowest BCUT2D eigenvalue weighted by molar-refractivity contribution is 0.151. The van der Waals surface area contributed by atoms with E-state index < -0.39 is 0 Å². The zero-order valence-corrected chi connectivity index (χ0v) is 16.4. The van der Waals surface area contributed by atoms with Crippen LogP contribution in [0.2, 0.25) is 0 Å². The zero-order chi connectivity index (χ0) is 19.0. The van der Waals surface area contributed by atoms with Crippen LogP contribution >= 0.6 is 0 Å². The zero-order valence-electron chi connectivity index (χ0n) is 16.4. The quantitative estimate of drug-likeness (QED) is 0.840. The average molecular weight is 364 g/mol. The van der Waals surface area contributed by atoms with Gasteiger partial charge in [-0.1, -0.05) is 24.3 Å². The van der Waals surface area contributed by atoms with Crippen LogP contribution in [0, 0.1) is 18.8 Å². The molecule has 4 rings (SSSR count). The molecule has 5 heteroatoms. The monoisotopic (exact) mass is 364 g/mol. The van der Waals surface area contributed by atoms with Crippen molar-refractivity contribution in [3.05, 3.63) is 65.5 Å². The smallest absolute Gasteiger partial charge is 0.320 e. The van der Waals surface area contributed by atoms with E-state index in [0.29, 0.717) is 11.8 Å². The van der Waals surface area contributed by atoms with E-state index in [9.17, 15) is 4.79 Å². The number of benzene rings is 1. The van der Waals surface area contributed by atoms with Gasteiger partial charge in [-0.05, 0) is 41.7 Å². The maximum absolute atomic E-state index is 12.9. The summed E-state index contributed by atoms with van der Waals surface area (Å²) in [6.45, 7) is 6.03. The van der Waals surface area contributed by atoms with Crippen LogP contribution in [0.25, 0.3) is 0 Å². The molecule has 0 spiro atoms. The lowest BCUT2D eigenvalue weighted by Crippen LogP contribution is -2.41. The lowest BCUT2D eigenvalue weighted by atomic mass is 9.88. The van der Waals surface area contributed by atoms with Crippen LogP contribution in [0.3, 0.4) is 0 Å². The topological polar surface area (TPSA) is 39.7 Å². The highest BCUT2D eigenvalue weighted by molar-refractivity contribution is 5.75. The van der Waals surface area contributed by atoms with Crippen molar-refractivity contribution in [1.29, 1.82) is 0 Å². The first-order valence-corrected chi connectivity index (χ1v) is 9.69. The molecule has 1 aromatic carbocycles. The van der Waals surface area contributed by atoms with Crippen molar-refractivity contribution < 1.29 is 4.79 Å². The second-order valence-corrected chi connectivity index (χ2v) is 8.10. The van der Waals surface area contributed by atoms with Crippen molar-refractivity contribution in [3.8, 4) is 0 Å². The third-order valence-corrected chi connectivity index (χ3v) is 6.03. The minimum absolute atomic E-state index is 0.123. The normalized spacial score (nSPS) is 24.9.